The van der Waals surface area contributed by atoms with Gasteiger partial charge < -0.3 is 14.7 Å². The summed E-state index contributed by atoms with van der Waals surface area (Å²) in [5.74, 6) is 0.691. The van der Waals surface area contributed by atoms with Gasteiger partial charge in [-0.15, -0.1) is 0 Å². The quantitative estimate of drug-likeness (QED) is 0.801. The van der Waals surface area contributed by atoms with Gasteiger partial charge in [0.05, 0.1) is 0 Å². The molecule has 28 heavy (non-hydrogen) atoms. The highest BCUT2D eigenvalue weighted by Crippen LogP contribution is 2.27. The Morgan fingerprint density at radius 1 is 0.929 bits per heavy atom. The molecule has 0 atom stereocenters. The fourth-order valence-corrected chi connectivity index (χ4v) is 4.64. The lowest BCUT2D eigenvalue weighted by Gasteiger charge is -2.36. The van der Waals surface area contributed by atoms with Gasteiger partial charge in [-0.05, 0) is 37.0 Å². The van der Waals surface area contributed by atoms with Crippen LogP contribution in [0.15, 0.2) is 24.3 Å². The van der Waals surface area contributed by atoms with E-state index in [2.05, 4.69) is 0 Å². The van der Waals surface area contributed by atoms with Crippen molar-refractivity contribution in [2.75, 3.05) is 32.7 Å². The standard InChI is InChI=1S/C22H29N3O3/c26-20-9-4-10-25(20)16-17-5-3-8-19(15-17)22(28)24-13-11-23(12-14-24)21(27)18-6-1-2-7-18/h3,5,8,15,18H,1-2,4,6-7,9-14,16H2. The Hall–Kier alpha value is -2.37. The number of likely N-dealkylation sites (tertiary alicyclic amines) is 1. The highest BCUT2D eigenvalue weighted by Gasteiger charge is 2.30. The Bertz CT molecular complexity index is 749. The molecule has 2 aliphatic heterocycles. The van der Waals surface area contributed by atoms with Crippen molar-refractivity contribution >= 4 is 17.7 Å². The monoisotopic (exact) mass is 383 g/mol. The fraction of sp³-hybridized carbons (Fsp3) is 0.591. The van der Waals surface area contributed by atoms with E-state index in [0.717, 1.165) is 44.2 Å². The average molecular weight is 383 g/mol. The van der Waals surface area contributed by atoms with Crippen molar-refractivity contribution in [3.63, 3.8) is 0 Å². The van der Waals surface area contributed by atoms with E-state index in [1.54, 1.807) is 0 Å². The molecule has 150 valence electrons. The molecule has 6 nitrogen and oxygen atoms in total. The predicted octanol–water partition coefficient (Wildman–Crippen LogP) is 2.28. The van der Waals surface area contributed by atoms with E-state index in [4.69, 9.17) is 0 Å². The molecule has 3 aliphatic rings. The van der Waals surface area contributed by atoms with Crippen LogP contribution >= 0.6 is 0 Å². The Balaban J connectivity index is 1.34. The lowest BCUT2D eigenvalue weighted by molar-refractivity contribution is -0.136. The third kappa shape index (κ3) is 4.05. The molecule has 0 bridgehead atoms. The summed E-state index contributed by atoms with van der Waals surface area (Å²) in [5, 5.41) is 0. The summed E-state index contributed by atoms with van der Waals surface area (Å²) in [6.45, 7) is 3.81. The summed E-state index contributed by atoms with van der Waals surface area (Å²) in [6.07, 6.45) is 5.90. The molecular weight excluding hydrogens is 354 g/mol. The first kappa shape index (κ1) is 19.0. The van der Waals surface area contributed by atoms with Gasteiger partial charge in [-0.2, -0.15) is 0 Å². The maximum absolute atomic E-state index is 12.9. The van der Waals surface area contributed by atoms with E-state index in [-0.39, 0.29) is 23.6 Å². The third-order valence-corrected chi connectivity index (χ3v) is 6.30. The van der Waals surface area contributed by atoms with Crippen LogP contribution in [-0.4, -0.2) is 65.1 Å². The van der Waals surface area contributed by atoms with E-state index in [0.29, 0.717) is 44.7 Å². The van der Waals surface area contributed by atoms with Gasteiger partial charge >= 0.3 is 0 Å². The van der Waals surface area contributed by atoms with Crippen molar-refractivity contribution in [1.29, 1.82) is 0 Å². The first-order valence-corrected chi connectivity index (χ1v) is 10.6. The summed E-state index contributed by atoms with van der Waals surface area (Å²) in [4.78, 5) is 43.0. The van der Waals surface area contributed by atoms with Gasteiger partial charge in [-0.3, -0.25) is 14.4 Å². The molecule has 1 saturated carbocycles. The van der Waals surface area contributed by atoms with Crippen LogP contribution in [0.5, 0.6) is 0 Å². The van der Waals surface area contributed by atoms with Crippen LogP contribution < -0.4 is 0 Å². The second kappa shape index (κ2) is 8.33. The van der Waals surface area contributed by atoms with Gasteiger partial charge in [0.25, 0.3) is 5.91 Å². The largest absolute Gasteiger partial charge is 0.339 e. The van der Waals surface area contributed by atoms with Gasteiger partial charge in [0.15, 0.2) is 0 Å². The van der Waals surface area contributed by atoms with Crippen molar-refractivity contribution in [1.82, 2.24) is 14.7 Å². The normalized spacial score (nSPS) is 20.9. The molecule has 0 unspecified atom stereocenters. The predicted molar refractivity (Wildman–Crippen MR) is 106 cm³/mol. The summed E-state index contributed by atoms with van der Waals surface area (Å²) >= 11 is 0. The number of rotatable bonds is 4. The zero-order valence-corrected chi connectivity index (χ0v) is 16.4. The molecule has 1 aliphatic carbocycles. The summed E-state index contributed by atoms with van der Waals surface area (Å²) in [6, 6.07) is 7.61. The van der Waals surface area contributed by atoms with Crippen molar-refractivity contribution < 1.29 is 14.4 Å². The molecule has 0 aromatic heterocycles. The number of benzene rings is 1. The van der Waals surface area contributed by atoms with Crippen molar-refractivity contribution in [3.05, 3.63) is 35.4 Å². The van der Waals surface area contributed by atoms with Crippen LogP contribution in [0.4, 0.5) is 0 Å². The Morgan fingerprint density at radius 3 is 2.32 bits per heavy atom. The second-order valence-corrected chi connectivity index (χ2v) is 8.22. The number of piperazine rings is 1. The highest BCUT2D eigenvalue weighted by atomic mass is 16.2. The topological polar surface area (TPSA) is 60.9 Å². The first-order valence-electron chi connectivity index (χ1n) is 10.6. The summed E-state index contributed by atoms with van der Waals surface area (Å²) < 4.78 is 0. The molecule has 0 N–H and O–H groups in total. The minimum Gasteiger partial charge on any atom is -0.339 e. The number of nitrogens with zero attached hydrogens (tertiary/aromatic N) is 3. The van der Waals surface area contributed by atoms with Crippen LogP contribution in [0, 0.1) is 5.92 Å². The molecule has 3 amide bonds. The first-order chi connectivity index (χ1) is 13.6. The van der Waals surface area contributed by atoms with Gasteiger partial charge in [-0.1, -0.05) is 25.0 Å². The number of carbonyl (C=O) groups excluding carboxylic acids is 3. The Labute approximate surface area is 166 Å². The maximum Gasteiger partial charge on any atom is 0.253 e. The minimum absolute atomic E-state index is 0.0163. The zero-order chi connectivity index (χ0) is 19.5. The van der Waals surface area contributed by atoms with Gasteiger partial charge in [0, 0.05) is 57.2 Å². The Morgan fingerprint density at radius 2 is 1.64 bits per heavy atom. The van der Waals surface area contributed by atoms with Gasteiger partial charge in [0.2, 0.25) is 11.8 Å². The second-order valence-electron chi connectivity index (χ2n) is 8.22. The third-order valence-electron chi connectivity index (χ3n) is 6.30. The molecule has 6 heteroatoms. The van der Waals surface area contributed by atoms with Gasteiger partial charge in [-0.25, -0.2) is 0 Å². The smallest absolute Gasteiger partial charge is 0.253 e. The van der Waals surface area contributed by atoms with Crippen LogP contribution in [0.3, 0.4) is 0 Å². The lowest BCUT2D eigenvalue weighted by atomic mass is 10.1. The number of hydrogen-bond donors (Lipinski definition) is 0. The summed E-state index contributed by atoms with van der Waals surface area (Å²) in [7, 11) is 0. The molecule has 1 aromatic rings. The van der Waals surface area contributed by atoms with E-state index >= 15 is 0 Å². The van der Waals surface area contributed by atoms with E-state index < -0.39 is 0 Å². The molecule has 3 fully saturated rings. The van der Waals surface area contributed by atoms with Crippen molar-refractivity contribution in [3.8, 4) is 0 Å². The zero-order valence-electron chi connectivity index (χ0n) is 16.4. The Kier molecular flexibility index (Phi) is 5.64. The maximum atomic E-state index is 12.9. The lowest BCUT2D eigenvalue weighted by Crippen LogP contribution is -2.51. The van der Waals surface area contributed by atoms with Crippen molar-refractivity contribution in [2.45, 2.75) is 45.1 Å². The SMILES string of the molecule is O=C1CCCN1Cc1cccc(C(=O)N2CCN(C(=O)C3CCCC3)CC2)c1. The van der Waals surface area contributed by atoms with Crippen LogP contribution in [-0.2, 0) is 16.1 Å². The van der Waals surface area contributed by atoms with Crippen LogP contribution in [0.1, 0.15) is 54.4 Å². The number of amides is 3. The van der Waals surface area contributed by atoms with Crippen molar-refractivity contribution in [2.24, 2.45) is 5.92 Å². The fourth-order valence-electron chi connectivity index (χ4n) is 4.64. The van der Waals surface area contributed by atoms with Crippen LogP contribution in [0.2, 0.25) is 0 Å². The number of carbonyl (C=O) groups is 3. The molecule has 0 spiro atoms. The highest BCUT2D eigenvalue weighted by molar-refractivity contribution is 5.94. The van der Waals surface area contributed by atoms with Crippen LogP contribution in [0.25, 0.3) is 0 Å². The molecular formula is C22H29N3O3. The van der Waals surface area contributed by atoms with Gasteiger partial charge in [0.1, 0.15) is 0 Å². The molecule has 2 heterocycles. The van der Waals surface area contributed by atoms with E-state index in [1.807, 2.05) is 39.0 Å². The summed E-state index contributed by atoms with van der Waals surface area (Å²) in [5.41, 5.74) is 1.66. The molecule has 1 aromatic carbocycles. The number of hydrogen-bond acceptors (Lipinski definition) is 3. The minimum atomic E-state index is 0.0163. The molecule has 2 saturated heterocycles. The average Bonchev–Trinajstić information content (AvgIpc) is 3.40. The molecule has 4 rings (SSSR count). The van der Waals surface area contributed by atoms with E-state index in [9.17, 15) is 14.4 Å². The van der Waals surface area contributed by atoms with E-state index in [1.165, 1.54) is 0 Å². The molecule has 0 radical (unpaired) electrons.